The predicted octanol–water partition coefficient (Wildman–Crippen LogP) is 1.33. The number of aliphatic hydroxyl groups excluding tert-OH is 1. The van der Waals surface area contributed by atoms with Crippen LogP contribution in [0.25, 0.3) is 0 Å². The van der Waals surface area contributed by atoms with Crippen LogP contribution >= 0.6 is 0 Å². The average molecular weight is 293 g/mol. The lowest BCUT2D eigenvalue weighted by molar-refractivity contribution is -0.154. The van der Waals surface area contributed by atoms with E-state index in [2.05, 4.69) is 4.90 Å². The maximum Gasteiger partial charge on any atom is 0.312 e. The highest BCUT2D eigenvalue weighted by atomic mass is 16.5. The van der Waals surface area contributed by atoms with Crippen molar-refractivity contribution in [1.82, 2.24) is 4.90 Å². The van der Waals surface area contributed by atoms with Gasteiger partial charge in [0.25, 0.3) is 0 Å². The number of ether oxygens (including phenoxy) is 1. The van der Waals surface area contributed by atoms with Crippen LogP contribution in [0.5, 0.6) is 0 Å². The highest BCUT2D eigenvalue weighted by Gasteiger charge is 2.35. The molecule has 0 aromatic heterocycles. The maximum absolute atomic E-state index is 11.6. The minimum Gasteiger partial charge on any atom is -0.481 e. The Hall–Kier alpha value is -1.43. The summed E-state index contributed by atoms with van der Waals surface area (Å²) in [4.78, 5) is 13.6. The lowest BCUT2D eigenvalue weighted by atomic mass is 9.97. The molecule has 0 radical (unpaired) electrons. The number of rotatable bonds is 5. The molecular weight excluding hydrogens is 270 g/mol. The first-order chi connectivity index (χ1) is 9.91. The van der Waals surface area contributed by atoms with Crippen LogP contribution in [0.2, 0.25) is 0 Å². The predicted molar refractivity (Wildman–Crippen MR) is 79.3 cm³/mol. The van der Waals surface area contributed by atoms with Crippen molar-refractivity contribution in [3.8, 4) is 0 Å². The van der Waals surface area contributed by atoms with Gasteiger partial charge in [-0.25, -0.2) is 0 Å². The van der Waals surface area contributed by atoms with Gasteiger partial charge in [0.15, 0.2) is 0 Å². The summed E-state index contributed by atoms with van der Waals surface area (Å²) in [6, 6.07) is 9.26. The number of hydrogen-bond acceptors (Lipinski definition) is 4. The van der Waals surface area contributed by atoms with Crippen molar-refractivity contribution < 1.29 is 19.7 Å². The van der Waals surface area contributed by atoms with Gasteiger partial charge in [0, 0.05) is 19.6 Å². The summed E-state index contributed by atoms with van der Waals surface area (Å²) in [6.07, 6.45) is -0.265. The van der Waals surface area contributed by atoms with Crippen molar-refractivity contribution >= 4 is 5.97 Å². The molecule has 5 heteroatoms. The largest absolute Gasteiger partial charge is 0.481 e. The number of morpholine rings is 1. The number of aliphatic carboxylic acids is 1. The number of benzene rings is 1. The van der Waals surface area contributed by atoms with E-state index in [9.17, 15) is 15.0 Å². The van der Waals surface area contributed by atoms with Crippen LogP contribution in [-0.4, -0.2) is 59.0 Å². The van der Waals surface area contributed by atoms with Crippen LogP contribution in [0.3, 0.4) is 0 Å². The van der Waals surface area contributed by atoms with Gasteiger partial charge in [0.2, 0.25) is 0 Å². The van der Waals surface area contributed by atoms with E-state index in [1.807, 2.05) is 44.2 Å². The molecule has 0 saturated carbocycles. The third-order valence-corrected chi connectivity index (χ3v) is 3.70. The highest BCUT2D eigenvalue weighted by molar-refractivity contribution is 5.76. The SMILES string of the molecule is CC1(C)CN(CC(C(=O)O)c2ccccc2)CC(CO)O1. The number of carbonyl (C=O) groups is 1. The fraction of sp³-hybridized carbons (Fsp3) is 0.562. The Morgan fingerprint density at radius 3 is 2.67 bits per heavy atom. The molecule has 0 bridgehead atoms. The van der Waals surface area contributed by atoms with Gasteiger partial charge >= 0.3 is 5.97 Å². The molecule has 1 aliphatic rings. The summed E-state index contributed by atoms with van der Waals surface area (Å²) in [5, 5.41) is 18.8. The molecule has 1 saturated heterocycles. The third-order valence-electron chi connectivity index (χ3n) is 3.70. The van der Waals surface area contributed by atoms with Gasteiger partial charge in [-0.15, -0.1) is 0 Å². The Labute approximate surface area is 125 Å². The maximum atomic E-state index is 11.6. The van der Waals surface area contributed by atoms with Gasteiger partial charge in [0.05, 0.1) is 24.2 Å². The van der Waals surface area contributed by atoms with E-state index < -0.39 is 11.9 Å². The number of carboxylic acid groups (broad SMARTS) is 1. The molecule has 5 nitrogen and oxygen atoms in total. The van der Waals surface area contributed by atoms with E-state index in [0.29, 0.717) is 19.6 Å². The lowest BCUT2D eigenvalue weighted by Gasteiger charge is -2.43. The zero-order valence-corrected chi connectivity index (χ0v) is 12.5. The van der Waals surface area contributed by atoms with E-state index >= 15 is 0 Å². The molecule has 1 heterocycles. The Bertz CT molecular complexity index is 474. The first kappa shape index (κ1) is 15.9. The van der Waals surface area contributed by atoms with E-state index in [0.717, 1.165) is 5.56 Å². The minimum atomic E-state index is -0.828. The number of carboxylic acids is 1. The number of nitrogens with zero attached hydrogens (tertiary/aromatic N) is 1. The van der Waals surface area contributed by atoms with Crippen LogP contribution < -0.4 is 0 Å². The molecule has 1 aromatic rings. The van der Waals surface area contributed by atoms with Crippen LogP contribution in [0.4, 0.5) is 0 Å². The standard InChI is InChI=1S/C16H23NO4/c1-16(2)11-17(8-13(10-18)21-16)9-14(15(19)20)12-6-4-3-5-7-12/h3-7,13-14,18H,8-11H2,1-2H3,(H,19,20). The first-order valence-corrected chi connectivity index (χ1v) is 7.20. The zero-order valence-electron chi connectivity index (χ0n) is 12.5. The van der Waals surface area contributed by atoms with Gasteiger partial charge in [0.1, 0.15) is 0 Å². The van der Waals surface area contributed by atoms with E-state index in [-0.39, 0.29) is 18.3 Å². The van der Waals surface area contributed by atoms with Crippen LogP contribution in [-0.2, 0) is 9.53 Å². The Kier molecular flexibility index (Phi) is 4.98. The van der Waals surface area contributed by atoms with Gasteiger partial charge < -0.3 is 14.9 Å². The summed E-state index contributed by atoms with van der Waals surface area (Å²) in [5.74, 6) is -1.40. The summed E-state index contributed by atoms with van der Waals surface area (Å²) < 4.78 is 5.76. The molecule has 2 atom stereocenters. The summed E-state index contributed by atoms with van der Waals surface area (Å²) in [5.41, 5.74) is 0.417. The van der Waals surface area contributed by atoms with Crippen molar-refractivity contribution in [2.45, 2.75) is 31.5 Å². The minimum absolute atomic E-state index is 0.0526. The average Bonchev–Trinajstić information content (AvgIpc) is 2.43. The van der Waals surface area contributed by atoms with Gasteiger partial charge in [-0.1, -0.05) is 30.3 Å². The molecule has 21 heavy (non-hydrogen) atoms. The van der Waals surface area contributed by atoms with Crippen LogP contribution in [0, 0.1) is 0 Å². The molecule has 0 amide bonds. The molecule has 1 aromatic carbocycles. The number of aliphatic hydroxyl groups is 1. The van der Waals surface area contributed by atoms with Crippen molar-refractivity contribution in [2.75, 3.05) is 26.2 Å². The molecule has 1 fully saturated rings. The fourth-order valence-corrected chi connectivity index (χ4v) is 2.92. The van der Waals surface area contributed by atoms with Crippen LogP contribution in [0.1, 0.15) is 25.3 Å². The molecular formula is C16H23NO4. The second-order valence-electron chi connectivity index (χ2n) is 6.18. The Balaban J connectivity index is 2.12. The fourth-order valence-electron chi connectivity index (χ4n) is 2.92. The van der Waals surface area contributed by atoms with Crippen molar-refractivity contribution in [3.63, 3.8) is 0 Å². The van der Waals surface area contributed by atoms with E-state index in [4.69, 9.17) is 4.74 Å². The zero-order chi connectivity index (χ0) is 15.5. The number of hydrogen-bond donors (Lipinski definition) is 2. The molecule has 2 unspecified atom stereocenters. The monoisotopic (exact) mass is 293 g/mol. The third kappa shape index (κ3) is 4.27. The van der Waals surface area contributed by atoms with Gasteiger partial charge in [-0.3, -0.25) is 9.69 Å². The Morgan fingerprint density at radius 1 is 1.43 bits per heavy atom. The topological polar surface area (TPSA) is 70.0 Å². The second-order valence-corrected chi connectivity index (χ2v) is 6.18. The van der Waals surface area contributed by atoms with Gasteiger partial charge in [-0.05, 0) is 19.4 Å². The normalized spacial score (nSPS) is 23.7. The van der Waals surface area contributed by atoms with E-state index in [1.165, 1.54) is 0 Å². The highest BCUT2D eigenvalue weighted by Crippen LogP contribution is 2.24. The summed E-state index contributed by atoms with van der Waals surface area (Å²) in [7, 11) is 0. The molecule has 0 spiro atoms. The quantitative estimate of drug-likeness (QED) is 0.857. The van der Waals surface area contributed by atoms with Crippen molar-refractivity contribution in [3.05, 3.63) is 35.9 Å². The lowest BCUT2D eigenvalue weighted by Crippen LogP contribution is -2.54. The van der Waals surface area contributed by atoms with Crippen molar-refractivity contribution in [1.29, 1.82) is 0 Å². The molecule has 116 valence electrons. The van der Waals surface area contributed by atoms with E-state index in [1.54, 1.807) is 0 Å². The molecule has 2 rings (SSSR count). The van der Waals surface area contributed by atoms with Crippen LogP contribution in [0.15, 0.2) is 30.3 Å². The molecule has 2 N–H and O–H groups in total. The molecule has 0 aliphatic carbocycles. The summed E-state index contributed by atoms with van der Waals surface area (Å²) >= 11 is 0. The van der Waals surface area contributed by atoms with Gasteiger partial charge in [-0.2, -0.15) is 0 Å². The van der Waals surface area contributed by atoms with Crippen molar-refractivity contribution in [2.24, 2.45) is 0 Å². The summed E-state index contributed by atoms with van der Waals surface area (Å²) in [6.45, 7) is 5.49. The second kappa shape index (κ2) is 6.56. The smallest absolute Gasteiger partial charge is 0.312 e. The molecule has 1 aliphatic heterocycles. The Morgan fingerprint density at radius 2 is 2.10 bits per heavy atom. The first-order valence-electron chi connectivity index (χ1n) is 7.20.